The molecule has 0 spiro atoms. The molecule has 0 radical (unpaired) electrons. The summed E-state index contributed by atoms with van der Waals surface area (Å²) in [5, 5.41) is 7.70. The molecule has 0 bridgehead atoms. The van der Waals surface area contributed by atoms with E-state index in [1.165, 1.54) is 0 Å². The number of rotatable bonds is 4. The van der Waals surface area contributed by atoms with E-state index >= 15 is 0 Å². The fourth-order valence-corrected chi connectivity index (χ4v) is 3.71. The largest absolute Gasteiger partial charge is 0.479 e. The minimum Gasteiger partial charge on any atom is -0.479 e. The number of hydrogen-bond acceptors (Lipinski definition) is 7. The Labute approximate surface area is 166 Å². The predicted octanol–water partition coefficient (Wildman–Crippen LogP) is 1.48. The first-order chi connectivity index (χ1) is 14.1. The van der Waals surface area contributed by atoms with Crippen molar-refractivity contribution in [2.75, 3.05) is 26.0 Å². The van der Waals surface area contributed by atoms with E-state index in [9.17, 15) is 4.79 Å². The van der Waals surface area contributed by atoms with Gasteiger partial charge in [0.2, 0.25) is 23.5 Å². The van der Waals surface area contributed by atoms with E-state index in [2.05, 4.69) is 25.4 Å². The lowest BCUT2D eigenvalue weighted by atomic mass is 10.1. The minimum atomic E-state index is -0.334. The van der Waals surface area contributed by atoms with E-state index < -0.39 is 0 Å². The third kappa shape index (κ3) is 2.93. The van der Waals surface area contributed by atoms with E-state index in [0.717, 1.165) is 36.0 Å². The number of likely N-dealkylation sites (N-methyl/N-ethyl adjacent to an activating group) is 1. The number of anilines is 1. The molecule has 10 nitrogen and oxygen atoms in total. The van der Waals surface area contributed by atoms with Gasteiger partial charge in [0.15, 0.2) is 0 Å². The SMILES string of the molecule is COc1nc(NC2CCCN(C)C2=O)nn2ccc(-c3cnc4nccn4c3)c12. The van der Waals surface area contributed by atoms with Gasteiger partial charge < -0.3 is 15.0 Å². The molecule has 0 saturated carbocycles. The van der Waals surface area contributed by atoms with E-state index in [0.29, 0.717) is 17.6 Å². The number of piperidine rings is 1. The molecule has 1 amide bonds. The van der Waals surface area contributed by atoms with Crippen LogP contribution in [0.5, 0.6) is 5.88 Å². The summed E-state index contributed by atoms with van der Waals surface area (Å²) in [6.07, 6.45) is 10.8. The van der Waals surface area contributed by atoms with Crippen LogP contribution < -0.4 is 10.1 Å². The molecule has 1 N–H and O–H groups in total. The summed E-state index contributed by atoms with van der Waals surface area (Å²) in [5.41, 5.74) is 2.51. The molecule has 4 aromatic rings. The maximum absolute atomic E-state index is 12.4. The van der Waals surface area contributed by atoms with Crippen molar-refractivity contribution in [2.24, 2.45) is 0 Å². The second-order valence-electron chi connectivity index (χ2n) is 7.04. The lowest BCUT2D eigenvalue weighted by Gasteiger charge is -2.29. The number of hydrogen-bond donors (Lipinski definition) is 1. The zero-order valence-electron chi connectivity index (χ0n) is 16.1. The van der Waals surface area contributed by atoms with Crippen molar-refractivity contribution in [3.63, 3.8) is 0 Å². The van der Waals surface area contributed by atoms with Crippen LogP contribution in [0.25, 0.3) is 22.4 Å². The van der Waals surface area contributed by atoms with Crippen molar-refractivity contribution in [2.45, 2.75) is 18.9 Å². The zero-order valence-corrected chi connectivity index (χ0v) is 16.1. The summed E-state index contributed by atoms with van der Waals surface area (Å²) >= 11 is 0. The third-order valence-electron chi connectivity index (χ3n) is 5.19. The standard InChI is InChI=1S/C19H20N8O2/c1-25-7-3-4-14(17(25)28)22-18-23-16(29-2)15-13(5-8-27(15)24-18)12-10-21-19-20-6-9-26(19)11-12/h5-6,8-11,14H,3-4,7H2,1-2H3,(H,22,24). The van der Waals surface area contributed by atoms with E-state index in [1.54, 1.807) is 28.9 Å². The summed E-state index contributed by atoms with van der Waals surface area (Å²) in [4.78, 5) is 27.2. The fourth-order valence-electron chi connectivity index (χ4n) is 3.71. The number of carbonyl (C=O) groups excluding carboxylic acids is 1. The number of nitrogens with one attached hydrogen (secondary N) is 1. The molecule has 1 fully saturated rings. The molecule has 0 aliphatic carbocycles. The van der Waals surface area contributed by atoms with Gasteiger partial charge in [0.05, 0.1) is 7.11 Å². The molecule has 1 saturated heterocycles. The van der Waals surface area contributed by atoms with Crippen LogP contribution in [0, 0.1) is 0 Å². The smallest absolute Gasteiger partial charge is 0.244 e. The third-order valence-corrected chi connectivity index (χ3v) is 5.19. The van der Waals surface area contributed by atoms with Crippen LogP contribution in [0.4, 0.5) is 5.95 Å². The molecule has 0 aromatic carbocycles. The fraction of sp³-hybridized carbons (Fsp3) is 0.316. The average molecular weight is 392 g/mol. The van der Waals surface area contributed by atoms with Crippen molar-refractivity contribution < 1.29 is 9.53 Å². The van der Waals surface area contributed by atoms with Crippen molar-refractivity contribution in [3.05, 3.63) is 37.1 Å². The Morgan fingerprint density at radius 3 is 3.03 bits per heavy atom. The quantitative estimate of drug-likeness (QED) is 0.561. The van der Waals surface area contributed by atoms with Gasteiger partial charge >= 0.3 is 0 Å². The van der Waals surface area contributed by atoms with Gasteiger partial charge in [0.25, 0.3) is 0 Å². The molecule has 148 valence electrons. The lowest BCUT2D eigenvalue weighted by molar-refractivity contribution is -0.132. The molecule has 1 aliphatic heterocycles. The first-order valence-electron chi connectivity index (χ1n) is 9.38. The molecule has 29 heavy (non-hydrogen) atoms. The molecule has 1 atom stereocenters. The molecule has 5 rings (SSSR count). The highest BCUT2D eigenvalue weighted by Gasteiger charge is 2.27. The molecule has 1 unspecified atom stereocenters. The highest BCUT2D eigenvalue weighted by Crippen LogP contribution is 2.31. The number of aromatic nitrogens is 6. The Morgan fingerprint density at radius 2 is 2.17 bits per heavy atom. The summed E-state index contributed by atoms with van der Waals surface area (Å²) in [6.45, 7) is 0.774. The number of methoxy groups -OCH3 is 1. The predicted molar refractivity (Wildman–Crippen MR) is 106 cm³/mol. The van der Waals surface area contributed by atoms with E-state index in [-0.39, 0.29) is 11.9 Å². The summed E-state index contributed by atoms with van der Waals surface area (Å²) < 4.78 is 9.11. The van der Waals surface area contributed by atoms with Crippen molar-refractivity contribution in [1.29, 1.82) is 0 Å². The molecular weight excluding hydrogens is 372 g/mol. The van der Waals surface area contributed by atoms with Crippen LogP contribution in [-0.4, -0.2) is 66.5 Å². The number of likely N-dealkylation sites (tertiary alicyclic amines) is 1. The Balaban J connectivity index is 1.54. The molecule has 1 aliphatic rings. The highest BCUT2D eigenvalue weighted by molar-refractivity contribution is 5.86. The van der Waals surface area contributed by atoms with Crippen LogP contribution in [0.3, 0.4) is 0 Å². The van der Waals surface area contributed by atoms with Crippen LogP contribution >= 0.6 is 0 Å². The summed E-state index contributed by atoms with van der Waals surface area (Å²) in [5.74, 6) is 1.46. The Morgan fingerprint density at radius 1 is 1.28 bits per heavy atom. The summed E-state index contributed by atoms with van der Waals surface area (Å²) in [6, 6.07) is 1.61. The minimum absolute atomic E-state index is 0.0480. The van der Waals surface area contributed by atoms with Gasteiger partial charge in [-0.25, -0.2) is 14.5 Å². The van der Waals surface area contributed by atoms with Gasteiger partial charge in [-0.05, 0) is 18.9 Å². The highest BCUT2D eigenvalue weighted by atomic mass is 16.5. The molecular formula is C19H20N8O2. The van der Waals surface area contributed by atoms with Crippen molar-refractivity contribution in [1.82, 2.24) is 33.9 Å². The molecule has 5 heterocycles. The second kappa shape index (κ2) is 6.73. The first kappa shape index (κ1) is 17.4. The summed E-state index contributed by atoms with van der Waals surface area (Å²) in [7, 11) is 3.38. The van der Waals surface area contributed by atoms with Gasteiger partial charge in [0.1, 0.15) is 11.6 Å². The Hall–Kier alpha value is -3.69. The number of ether oxygens (including phenoxy) is 1. The maximum Gasteiger partial charge on any atom is 0.244 e. The number of amides is 1. The van der Waals surface area contributed by atoms with E-state index in [4.69, 9.17) is 4.74 Å². The van der Waals surface area contributed by atoms with Crippen molar-refractivity contribution >= 4 is 23.1 Å². The van der Waals surface area contributed by atoms with Crippen molar-refractivity contribution in [3.8, 4) is 17.0 Å². The van der Waals surface area contributed by atoms with Gasteiger partial charge in [-0.1, -0.05) is 0 Å². The number of fused-ring (bicyclic) bond motifs is 2. The zero-order chi connectivity index (χ0) is 20.0. The second-order valence-corrected chi connectivity index (χ2v) is 7.04. The van der Waals surface area contributed by atoms with Gasteiger partial charge in [-0.3, -0.25) is 9.20 Å². The maximum atomic E-state index is 12.4. The van der Waals surface area contributed by atoms with Crippen LogP contribution in [-0.2, 0) is 4.79 Å². The number of imidazole rings is 1. The van der Waals surface area contributed by atoms with E-state index in [1.807, 2.05) is 36.1 Å². The van der Waals surface area contributed by atoms with Gasteiger partial charge in [-0.2, -0.15) is 4.98 Å². The first-order valence-corrected chi connectivity index (χ1v) is 9.38. The van der Waals surface area contributed by atoms with Crippen LogP contribution in [0.1, 0.15) is 12.8 Å². The Kier molecular flexibility index (Phi) is 4.04. The molecule has 10 heteroatoms. The molecule has 4 aromatic heterocycles. The average Bonchev–Trinajstić information content (AvgIpc) is 3.37. The van der Waals surface area contributed by atoms with Gasteiger partial charge in [0, 0.05) is 55.7 Å². The lowest BCUT2D eigenvalue weighted by Crippen LogP contribution is -2.45. The van der Waals surface area contributed by atoms with Gasteiger partial charge in [-0.15, -0.1) is 5.10 Å². The number of nitrogens with zero attached hydrogens (tertiary/aromatic N) is 7. The van der Waals surface area contributed by atoms with Crippen LogP contribution in [0.2, 0.25) is 0 Å². The normalized spacial score (nSPS) is 17.2. The number of carbonyl (C=O) groups is 1. The topological polar surface area (TPSA) is 102 Å². The van der Waals surface area contributed by atoms with Crippen LogP contribution in [0.15, 0.2) is 37.1 Å². The Bertz CT molecular complexity index is 1210. The monoisotopic (exact) mass is 392 g/mol.